The van der Waals surface area contributed by atoms with E-state index in [4.69, 9.17) is 0 Å². The Morgan fingerprint density at radius 2 is 1.42 bits per heavy atom. The molecule has 1 fully saturated rings. The van der Waals surface area contributed by atoms with Gasteiger partial charge in [0, 0.05) is 39.1 Å². The van der Waals surface area contributed by atoms with Crippen molar-refractivity contribution in [2.45, 2.75) is 58.2 Å². The van der Waals surface area contributed by atoms with E-state index in [2.05, 4.69) is 22.3 Å². The molecule has 0 bridgehead atoms. The van der Waals surface area contributed by atoms with Crippen molar-refractivity contribution < 1.29 is 9.59 Å². The van der Waals surface area contributed by atoms with Crippen LogP contribution in [0.15, 0.2) is 60.7 Å². The molecule has 31 heavy (non-hydrogen) atoms. The van der Waals surface area contributed by atoms with Gasteiger partial charge in [-0.15, -0.1) is 0 Å². The van der Waals surface area contributed by atoms with Crippen LogP contribution in [0.3, 0.4) is 0 Å². The van der Waals surface area contributed by atoms with E-state index in [0.717, 1.165) is 18.4 Å². The molecule has 3 rings (SSSR count). The third-order valence-corrected chi connectivity index (χ3v) is 5.93. The number of benzene rings is 2. The molecule has 1 saturated carbocycles. The Kier molecular flexibility index (Phi) is 9.10. The molecule has 5 heteroatoms. The van der Waals surface area contributed by atoms with E-state index in [-0.39, 0.29) is 11.8 Å². The van der Waals surface area contributed by atoms with Gasteiger partial charge in [-0.25, -0.2) is 0 Å². The summed E-state index contributed by atoms with van der Waals surface area (Å²) < 4.78 is 0. The normalized spacial score (nSPS) is 14.4. The highest BCUT2D eigenvalue weighted by molar-refractivity contribution is 5.78. The number of hydrogen-bond acceptors (Lipinski definition) is 3. The van der Waals surface area contributed by atoms with Gasteiger partial charge in [0.05, 0.1) is 6.54 Å². The van der Waals surface area contributed by atoms with Crippen LogP contribution in [-0.4, -0.2) is 47.3 Å². The van der Waals surface area contributed by atoms with Crippen LogP contribution in [0.1, 0.15) is 50.2 Å². The van der Waals surface area contributed by atoms with Gasteiger partial charge in [0.1, 0.15) is 0 Å². The van der Waals surface area contributed by atoms with Crippen molar-refractivity contribution in [2.24, 2.45) is 0 Å². The van der Waals surface area contributed by atoms with E-state index >= 15 is 0 Å². The summed E-state index contributed by atoms with van der Waals surface area (Å²) in [6.07, 6.45) is 5.84. The highest BCUT2D eigenvalue weighted by atomic mass is 16.2. The maximum atomic E-state index is 12.7. The number of hydrogen-bond donors (Lipinski definition) is 1. The van der Waals surface area contributed by atoms with E-state index in [1.165, 1.54) is 24.8 Å². The van der Waals surface area contributed by atoms with E-state index in [0.29, 0.717) is 38.8 Å². The summed E-state index contributed by atoms with van der Waals surface area (Å²) in [7, 11) is 0. The highest BCUT2D eigenvalue weighted by Gasteiger charge is 2.19. The molecule has 0 radical (unpaired) electrons. The zero-order valence-electron chi connectivity index (χ0n) is 18.6. The van der Waals surface area contributed by atoms with Crippen molar-refractivity contribution in [3.63, 3.8) is 0 Å². The van der Waals surface area contributed by atoms with Crippen LogP contribution in [0, 0.1) is 0 Å². The first-order chi connectivity index (χ1) is 15.1. The van der Waals surface area contributed by atoms with Gasteiger partial charge >= 0.3 is 0 Å². The molecule has 1 N–H and O–H groups in total. The minimum Gasteiger partial charge on any atom is -0.352 e. The zero-order chi connectivity index (χ0) is 21.9. The number of nitrogens with zero attached hydrogens (tertiary/aromatic N) is 2. The van der Waals surface area contributed by atoms with Crippen LogP contribution >= 0.6 is 0 Å². The van der Waals surface area contributed by atoms with Crippen LogP contribution in [-0.2, 0) is 22.7 Å². The first-order valence-corrected chi connectivity index (χ1v) is 11.5. The van der Waals surface area contributed by atoms with Crippen molar-refractivity contribution in [3.8, 4) is 0 Å². The third-order valence-electron chi connectivity index (χ3n) is 5.93. The fraction of sp³-hybridized carbons (Fsp3) is 0.462. The molecule has 1 aliphatic carbocycles. The molecular formula is C26H35N3O2. The summed E-state index contributed by atoms with van der Waals surface area (Å²) in [4.78, 5) is 29.0. The van der Waals surface area contributed by atoms with E-state index in [9.17, 15) is 9.59 Å². The second-order valence-electron chi connectivity index (χ2n) is 8.52. The fourth-order valence-corrected chi connectivity index (χ4v) is 4.19. The molecular weight excluding hydrogens is 386 g/mol. The summed E-state index contributed by atoms with van der Waals surface area (Å²) in [6, 6.07) is 20.6. The maximum Gasteiger partial charge on any atom is 0.234 e. The average Bonchev–Trinajstić information content (AvgIpc) is 2.78. The Morgan fingerprint density at radius 3 is 2.00 bits per heavy atom. The topological polar surface area (TPSA) is 52.7 Å². The summed E-state index contributed by atoms with van der Waals surface area (Å²) in [6.45, 7) is 4.48. The molecule has 2 aromatic carbocycles. The Labute approximate surface area is 186 Å². The smallest absolute Gasteiger partial charge is 0.234 e. The first kappa shape index (κ1) is 23.0. The minimum absolute atomic E-state index is 0.0511. The molecule has 166 valence electrons. The summed E-state index contributed by atoms with van der Waals surface area (Å²) in [5.74, 6) is 0.135. The maximum absolute atomic E-state index is 12.7. The lowest BCUT2D eigenvalue weighted by Gasteiger charge is -2.28. The van der Waals surface area contributed by atoms with Gasteiger partial charge < -0.3 is 10.2 Å². The van der Waals surface area contributed by atoms with Crippen LogP contribution in [0.4, 0.5) is 0 Å². The summed E-state index contributed by atoms with van der Waals surface area (Å²) in [5, 5.41) is 3.22. The quantitative estimate of drug-likeness (QED) is 0.631. The summed E-state index contributed by atoms with van der Waals surface area (Å²) >= 11 is 0. The molecule has 0 aliphatic heterocycles. The number of carbonyl (C=O) groups is 2. The van der Waals surface area contributed by atoms with E-state index in [1.807, 2.05) is 53.4 Å². The predicted octanol–water partition coefficient (Wildman–Crippen LogP) is 3.99. The van der Waals surface area contributed by atoms with Crippen molar-refractivity contribution in [2.75, 3.05) is 19.6 Å². The molecule has 0 heterocycles. The fourth-order valence-electron chi connectivity index (χ4n) is 4.19. The minimum atomic E-state index is 0.0511. The van der Waals surface area contributed by atoms with Crippen molar-refractivity contribution in [1.82, 2.24) is 15.1 Å². The zero-order valence-corrected chi connectivity index (χ0v) is 18.6. The number of amides is 2. The first-order valence-electron chi connectivity index (χ1n) is 11.5. The lowest BCUT2D eigenvalue weighted by atomic mass is 9.95. The van der Waals surface area contributed by atoms with Crippen molar-refractivity contribution in [3.05, 3.63) is 71.8 Å². The molecule has 1 aliphatic rings. The largest absolute Gasteiger partial charge is 0.352 e. The molecule has 0 atom stereocenters. The van der Waals surface area contributed by atoms with Gasteiger partial charge in [-0.2, -0.15) is 0 Å². The molecule has 2 aromatic rings. The Morgan fingerprint density at radius 1 is 0.839 bits per heavy atom. The number of carbonyl (C=O) groups excluding carboxylic acids is 2. The van der Waals surface area contributed by atoms with E-state index in [1.54, 1.807) is 6.92 Å². The molecule has 5 nitrogen and oxygen atoms in total. The van der Waals surface area contributed by atoms with Crippen molar-refractivity contribution >= 4 is 11.8 Å². The Balaban J connectivity index is 1.60. The Hall–Kier alpha value is -2.66. The van der Waals surface area contributed by atoms with Crippen LogP contribution in [0.25, 0.3) is 0 Å². The second-order valence-corrected chi connectivity index (χ2v) is 8.52. The van der Waals surface area contributed by atoms with Gasteiger partial charge in [0.15, 0.2) is 0 Å². The number of rotatable bonds is 10. The highest BCUT2D eigenvalue weighted by Crippen LogP contribution is 2.17. The third kappa shape index (κ3) is 8.18. The molecule has 0 spiro atoms. The van der Waals surface area contributed by atoms with E-state index < -0.39 is 0 Å². The molecule has 0 saturated heterocycles. The van der Waals surface area contributed by atoms with Crippen LogP contribution in [0.5, 0.6) is 0 Å². The van der Waals surface area contributed by atoms with Crippen LogP contribution < -0.4 is 5.32 Å². The molecule has 2 amide bonds. The number of nitrogens with one attached hydrogen (secondary N) is 1. The average molecular weight is 422 g/mol. The predicted molar refractivity (Wildman–Crippen MR) is 124 cm³/mol. The van der Waals surface area contributed by atoms with Crippen LogP contribution in [0.2, 0.25) is 0 Å². The lowest BCUT2D eigenvalue weighted by Crippen LogP contribution is -2.45. The van der Waals surface area contributed by atoms with Crippen molar-refractivity contribution in [1.29, 1.82) is 0 Å². The Bertz CT molecular complexity index is 804. The standard InChI is InChI=1S/C26H35N3O2/c1-22(30)29(20-24-13-7-3-8-14-24)18-17-28(19-23-11-5-2-6-12-23)21-26(31)27-25-15-9-4-10-16-25/h2-3,5-8,11-14,25H,4,9-10,15-21H2,1H3,(H,27,31). The SMILES string of the molecule is CC(=O)N(CCN(CC(=O)NC1CCCCC1)Cc1ccccc1)Cc1ccccc1. The second kappa shape index (κ2) is 12.3. The molecule has 0 unspecified atom stereocenters. The monoisotopic (exact) mass is 421 g/mol. The van der Waals surface area contributed by atoms with Gasteiger partial charge in [0.25, 0.3) is 0 Å². The van der Waals surface area contributed by atoms with Gasteiger partial charge in [-0.3, -0.25) is 14.5 Å². The van der Waals surface area contributed by atoms with Gasteiger partial charge in [-0.05, 0) is 24.0 Å². The lowest BCUT2D eigenvalue weighted by molar-refractivity contribution is -0.129. The van der Waals surface area contributed by atoms with Gasteiger partial charge in [-0.1, -0.05) is 79.9 Å². The summed E-state index contributed by atoms with van der Waals surface area (Å²) in [5.41, 5.74) is 2.28. The van der Waals surface area contributed by atoms with Gasteiger partial charge in [0.2, 0.25) is 11.8 Å². The molecule has 0 aromatic heterocycles.